The molecule has 1 amide bonds. The Morgan fingerprint density at radius 2 is 1.92 bits per heavy atom. The van der Waals surface area contributed by atoms with Gasteiger partial charge in [0.15, 0.2) is 5.75 Å². The molecule has 0 unspecified atom stereocenters. The molecule has 0 heterocycles. The Hall–Kier alpha value is -1.71. The standard InChI is InChI=1S/C9H12N2O2/c1-7(12)11(2)13-9-5-3-8(10)4-6-9/h3-6H,10H2,1-2H3. The van der Waals surface area contributed by atoms with Crippen molar-refractivity contribution in [2.24, 2.45) is 0 Å². The highest BCUT2D eigenvalue weighted by Gasteiger charge is 2.03. The largest absolute Gasteiger partial charge is 0.399 e. The number of nitrogen functional groups attached to an aromatic ring is 1. The monoisotopic (exact) mass is 180 g/mol. The smallest absolute Gasteiger partial charge is 0.251 e. The molecule has 1 rings (SSSR count). The van der Waals surface area contributed by atoms with Crippen molar-refractivity contribution < 1.29 is 9.63 Å². The highest BCUT2D eigenvalue weighted by Crippen LogP contribution is 2.13. The molecule has 13 heavy (non-hydrogen) atoms. The molecule has 0 bridgehead atoms. The predicted molar refractivity (Wildman–Crippen MR) is 49.9 cm³/mol. The van der Waals surface area contributed by atoms with E-state index in [4.69, 9.17) is 10.6 Å². The molecule has 1 aromatic rings. The van der Waals surface area contributed by atoms with Gasteiger partial charge in [-0.2, -0.15) is 5.06 Å². The van der Waals surface area contributed by atoms with E-state index in [2.05, 4.69) is 0 Å². The van der Waals surface area contributed by atoms with E-state index in [1.54, 1.807) is 31.3 Å². The number of nitrogens with two attached hydrogens (primary N) is 1. The molecule has 1 aromatic carbocycles. The molecular weight excluding hydrogens is 168 g/mol. The second-order valence-electron chi connectivity index (χ2n) is 2.68. The van der Waals surface area contributed by atoms with Gasteiger partial charge in [-0.3, -0.25) is 4.79 Å². The van der Waals surface area contributed by atoms with E-state index < -0.39 is 0 Å². The summed E-state index contributed by atoms with van der Waals surface area (Å²) in [4.78, 5) is 16.0. The van der Waals surface area contributed by atoms with Gasteiger partial charge in [0.1, 0.15) is 0 Å². The van der Waals surface area contributed by atoms with Crippen molar-refractivity contribution in [3.8, 4) is 5.75 Å². The topological polar surface area (TPSA) is 55.6 Å². The molecule has 0 aliphatic carbocycles. The van der Waals surface area contributed by atoms with Crippen LogP contribution in [0.4, 0.5) is 5.69 Å². The van der Waals surface area contributed by atoms with E-state index in [-0.39, 0.29) is 5.91 Å². The zero-order valence-electron chi connectivity index (χ0n) is 7.65. The summed E-state index contributed by atoms with van der Waals surface area (Å²) in [5.74, 6) is 0.434. The van der Waals surface area contributed by atoms with Crippen LogP contribution in [0.5, 0.6) is 5.75 Å². The highest BCUT2D eigenvalue weighted by molar-refractivity contribution is 5.71. The summed E-state index contributed by atoms with van der Waals surface area (Å²) < 4.78 is 0. The lowest BCUT2D eigenvalue weighted by Crippen LogP contribution is -2.27. The summed E-state index contributed by atoms with van der Waals surface area (Å²) in [6.07, 6.45) is 0. The number of hydroxylamine groups is 2. The molecule has 0 spiro atoms. The third-order valence-electron chi connectivity index (χ3n) is 1.57. The van der Waals surface area contributed by atoms with Crippen molar-refractivity contribution in [1.82, 2.24) is 5.06 Å². The molecule has 0 radical (unpaired) electrons. The summed E-state index contributed by atoms with van der Waals surface area (Å²) in [5.41, 5.74) is 6.15. The number of carbonyl (C=O) groups excluding carboxylic acids is 1. The van der Waals surface area contributed by atoms with E-state index in [0.717, 1.165) is 5.06 Å². The number of amides is 1. The van der Waals surface area contributed by atoms with Crippen LogP contribution in [0.1, 0.15) is 6.92 Å². The maximum atomic E-state index is 10.8. The summed E-state index contributed by atoms with van der Waals surface area (Å²) in [6, 6.07) is 6.83. The SMILES string of the molecule is CC(=O)N(C)Oc1ccc(N)cc1. The van der Waals surface area contributed by atoms with E-state index in [9.17, 15) is 4.79 Å². The number of nitrogens with zero attached hydrogens (tertiary/aromatic N) is 1. The second kappa shape index (κ2) is 3.80. The van der Waals surface area contributed by atoms with Gasteiger partial charge in [-0.25, -0.2) is 0 Å². The predicted octanol–water partition coefficient (Wildman–Crippen LogP) is 1.04. The van der Waals surface area contributed by atoms with Gasteiger partial charge < -0.3 is 10.6 Å². The summed E-state index contributed by atoms with van der Waals surface area (Å²) in [5, 5.41) is 1.16. The fraction of sp³-hybridized carbons (Fsp3) is 0.222. The van der Waals surface area contributed by atoms with E-state index in [1.165, 1.54) is 6.92 Å². The van der Waals surface area contributed by atoms with Crippen molar-refractivity contribution in [3.63, 3.8) is 0 Å². The second-order valence-corrected chi connectivity index (χ2v) is 2.68. The molecule has 0 fully saturated rings. The number of anilines is 1. The van der Waals surface area contributed by atoms with E-state index in [0.29, 0.717) is 11.4 Å². The van der Waals surface area contributed by atoms with Crippen molar-refractivity contribution in [2.75, 3.05) is 12.8 Å². The fourth-order valence-electron chi connectivity index (χ4n) is 0.751. The van der Waals surface area contributed by atoms with Gasteiger partial charge in [-0.05, 0) is 24.3 Å². The van der Waals surface area contributed by atoms with Gasteiger partial charge >= 0.3 is 0 Å². The van der Waals surface area contributed by atoms with Gasteiger partial charge in [-0.15, -0.1) is 0 Å². The first-order chi connectivity index (χ1) is 6.09. The first-order valence-corrected chi connectivity index (χ1v) is 3.87. The molecule has 0 saturated heterocycles. The lowest BCUT2D eigenvalue weighted by Gasteiger charge is -2.15. The molecule has 0 aromatic heterocycles. The normalized spacial score (nSPS) is 9.38. The first-order valence-electron chi connectivity index (χ1n) is 3.87. The van der Waals surface area contributed by atoms with Crippen molar-refractivity contribution in [3.05, 3.63) is 24.3 Å². The Labute approximate surface area is 76.9 Å². The number of carbonyl (C=O) groups is 1. The molecule has 2 N–H and O–H groups in total. The van der Waals surface area contributed by atoms with Crippen molar-refractivity contribution in [1.29, 1.82) is 0 Å². The molecule has 0 atom stereocenters. The van der Waals surface area contributed by atoms with Gasteiger partial charge in [-0.1, -0.05) is 0 Å². The van der Waals surface area contributed by atoms with Crippen LogP contribution in [0.15, 0.2) is 24.3 Å². The van der Waals surface area contributed by atoms with Crippen LogP contribution in [0, 0.1) is 0 Å². The van der Waals surface area contributed by atoms with Crippen molar-refractivity contribution in [2.45, 2.75) is 6.92 Å². The zero-order chi connectivity index (χ0) is 9.84. The van der Waals surface area contributed by atoms with Crippen LogP contribution in [-0.4, -0.2) is 18.0 Å². The minimum Gasteiger partial charge on any atom is -0.399 e. The van der Waals surface area contributed by atoms with Gasteiger partial charge in [0.25, 0.3) is 5.91 Å². The number of hydrogen-bond acceptors (Lipinski definition) is 3. The average Bonchev–Trinajstić information content (AvgIpc) is 2.08. The van der Waals surface area contributed by atoms with Gasteiger partial charge in [0, 0.05) is 19.7 Å². The Morgan fingerprint density at radius 3 is 2.38 bits per heavy atom. The van der Waals surface area contributed by atoms with Gasteiger partial charge in [0.2, 0.25) is 0 Å². The van der Waals surface area contributed by atoms with Gasteiger partial charge in [0.05, 0.1) is 0 Å². The van der Waals surface area contributed by atoms with Crippen LogP contribution >= 0.6 is 0 Å². The van der Waals surface area contributed by atoms with E-state index in [1.807, 2.05) is 0 Å². The fourth-order valence-corrected chi connectivity index (χ4v) is 0.751. The maximum Gasteiger partial charge on any atom is 0.251 e. The minimum atomic E-state index is -0.156. The molecule has 4 nitrogen and oxygen atoms in total. The maximum absolute atomic E-state index is 10.8. The molecule has 0 saturated carbocycles. The zero-order valence-corrected chi connectivity index (χ0v) is 7.65. The summed E-state index contributed by atoms with van der Waals surface area (Å²) in [7, 11) is 1.55. The number of benzene rings is 1. The quantitative estimate of drug-likeness (QED) is 0.546. The molecule has 0 aliphatic heterocycles. The Kier molecular flexibility index (Phi) is 2.74. The number of rotatable bonds is 2. The molecule has 0 aliphatic rings. The number of hydrogen-bond donors (Lipinski definition) is 1. The Bertz CT molecular complexity index is 295. The van der Waals surface area contributed by atoms with Crippen LogP contribution in [0.25, 0.3) is 0 Å². The first kappa shape index (κ1) is 9.38. The third-order valence-corrected chi connectivity index (χ3v) is 1.57. The van der Waals surface area contributed by atoms with Crippen molar-refractivity contribution >= 4 is 11.6 Å². The average molecular weight is 180 g/mol. The van der Waals surface area contributed by atoms with Crippen LogP contribution in [-0.2, 0) is 4.79 Å². The third kappa shape index (κ3) is 2.66. The summed E-state index contributed by atoms with van der Waals surface area (Å²) in [6.45, 7) is 1.43. The lowest BCUT2D eigenvalue weighted by atomic mass is 10.3. The molecular formula is C9H12N2O2. The Balaban J connectivity index is 2.64. The lowest BCUT2D eigenvalue weighted by molar-refractivity contribution is -0.149. The van der Waals surface area contributed by atoms with Crippen LogP contribution in [0.2, 0.25) is 0 Å². The van der Waals surface area contributed by atoms with E-state index >= 15 is 0 Å². The molecule has 4 heteroatoms. The van der Waals surface area contributed by atoms with Crippen LogP contribution in [0.3, 0.4) is 0 Å². The molecule has 70 valence electrons. The Morgan fingerprint density at radius 1 is 1.38 bits per heavy atom. The highest BCUT2D eigenvalue weighted by atomic mass is 16.7. The summed E-state index contributed by atoms with van der Waals surface area (Å²) >= 11 is 0. The minimum absolute atomic E-state index is 0.156. The van der Waals surface area contributed by atoms with Crippen LogP contribution < -0.4 is 10.6 Å².